The second kappa shape index (κ2) is 6.25. The van der Waals surface area contributed by atoms with Gasteiger partial charge < -0.3 is 9.47 Å². The largest absolute Gasteiger partial charge is 0.464 e. The summed E-state index contributed by atoms with van der Waals surface area (Å²) < 4.78 is 10.3. The van der Waals surface area contributed by atoms with E-state index in [0.717, 1.165) is 0 Å². The molecule has 0 radical (unpaired) electrons. The lowest BCUT2D eigenvalue weighted by atomic mass is 10.5. The van der Waals surface area contributed by atoms with Crippen molar-refractivity contribution in [3.8, 4) is 0 Å². The Balaban J connectivity index is 3.72. The molecule has 11 heavy (non-hydrogen) atoms. The average molecular weight is 177 g/mol. The first kappa shape index (κ1) is 10.5. The fourth-order valence-electron chi connectivity index (χ4n) is 0.579. The molecule has 0 aromatic carbocycles. The summed E-state index contributed by atoms with van der Waals surface area (Å²) in [6, 6.07) is 0. The van der Waals surface area contributed by atoms with Gasteiger partial charge in [0.15, 0.2) is 6.29 Å². The first-order valence-electron chi connectivity index (χ1n) is 3.45. The lowest BCUT2D eigenvalue weighted by Crippen LogP contribution is -2.11. The Bertz CT molecular complexity index is 143. The zero-order valence-corrected chi connectivity index (χ0v) is 7.60. The summed E-state index contributed by atoms with van der Waals surface area (Å²) in [6.45, 7) is 7.83. The maximum atomic E-state index is 5.40. The Labute approximate surface area is 72.4 Å². The summed E-state index contributed by atoms with van der Waals surface area (Å²) in [4.78, 5) is 0. The van der Waals surface area contributed by atoms with Crippen molar-refractivity contribution in [2.45, 2.75) is 20.1 Å². The van der Waals surface area contributed by atoms with Gasteiger partial charge in [-0.3, -0.25) is 0 Å². The summed E-state index contributed by atoms with van der Waals surface area (Å²) in [6.07, 6.45) is 1.26. The highest BCUT2D eigenvalue weighted by Gasteiger charge is 2.00. The predicted molar refractivity (Wildman–Crippen MR) is 46.3 cm³/mol. The molecule has 0 aromatic heterocycles. The normalized spacial score (nSPS) is 14.3. The molecule has 0 N–H and O–H groups in total. The van der Waals surface area contributed by atoms with Crippen LogP contribution in [-0.4, -0.2) is 12.9 Å². The van der Waals surface area contributed by atoms with Crippen molar-refractivity contribution in [2.75, 3.05) is 6.61 Å². The molecule has 0 aromatic rings. The molecular weight excluding hydrogens is 164 g/mol. The van der Waals surface area contributed by atoms with Crippen LogP contribution < -0.4 is 0 Å². The molecule has 0 rings (SSSR count). The molecule has 1 unspecified atom stereocenters. The van der Waals surface area contributed by atoms with Gasteiger partial charge in [-0.2, -0.15) is 0 Å². The predicted octanol–water partition coefficient (Wildman–Crippen LogP) is 2.65. The molecule has 0 bridgehead atoms. The highest BCUT2D eigenvalue weighted by molar-refractivity contribution is 6.25. The highest BCUT2D eigenvalue weighted by Crippen LogP contribution is 2.05. The molecule has 0 saturated heterocycles. The van der Waals surface area contributed by atoms with E-state index in [1.807, 2.05) is 6.92 Å². The van der Waals surface area contributed by atoms with Crippen LogP contribution in [0.3, 0.4) is 0 Å². The van der Waals surface area contributed by atoms with Crippen LogP contribution in [0.1, 0.15) is 13.8 Å². The molecule has 1 atom stereocenters. The Kier molecular flexibility index (Phi) is 5.99. The van der Waals surface area contributed by atoms with Crippen LogP contribution in [0.2, 0.25) is 0 Å². The second-order valence-corrected chi connectivity index (χ2v) is 2.07. The Morgan fingerprint density at radius 2 is 2.36 bits per heavy atom. The number of ether oxygens (including phenoxy) is 2. The van der Waals surface area contributed by atoms with E-state index < -0.39 is 0 Å². The zero-order valence-electron chi connectivity index (χ0n) is 6.84. The van der Waals surface area contributed by atoms with Gasteiger partial charge in [0, 0.05) is 12.1 Å². The summed E-state index contributed by atoms with van der Waals surface area (Å²) >= 11 is 5.40. The third-order valence-corrected chi connectivity index (χ3v) is 1.23. The molecular formula is C8H13ClO2. The van der Waals surface area contributed by atoms with E-state index in [1.54, 1.807) is 6.92 Å². The van der Waals surface area contributed by atoms with Crippen molar-refractivity contribution in [2.24, 2.45) is 0 Å². The van der Waals surface area contributed by atoms with Gasteiger partial charge in [-0.25, -0.2) is 0 Å². The third kappa shape index (κ3) is 4.87. The topological polar surface area (TPSA) is 18.5 Å². The molecule has 0 amide bonds. The fourth-order valence-corrected chi connectivity index (χ4v) is 0.719. The summed E-state index contributed by atoms with van der Waals surface area (Å²) in [5.41, 5.74) is 1.32. The fraction of sp³-hybridized carbons (Fsp3) is 0.500. The van der Waals surface area contributed by atoms with Gasteiger partial charge in [0.2, 0.25) is 0 Å². The maximum absolute atomic E-state index is 5.40. The smallest absolute Gasteiger partial charge is 0.197 e. The van der Waals surface area contributed by atoms with Gasteiger partial charge >= 0.3 is 0 Å². The summed E-state index contributed by atoms with van der Waals surface area (Å²) in [5.74, 6) is 0.521. The Morgan fingerprint density at radius 1 is 1.73 bits per heavy atom. The Morgan fingerprint density at radius 3 is 2.73 bits per heavy atom. The monoisotopic (exact) mass is 176 g/mol. The highest BCUT2D eigenvalue weighted by atomic mass is 35.5. The van der Waals surface area contributed by atoms with Crippen molar-refractivity contribution < 1.29 is 9.47 Å². The van der Waals surface area contributed by atoms with E-state index in [9.17, 15) is 0 Å². The molecule has 0 heterocycles. The van der Waals surface area contributed by atoms with E-state index in [0.29, 0.717) is 12.4 Å². The second-order valence-electron chi connectivity index (χ2n) is 1.86. The number of halogens is 1. The maximum Gasteiger partial charge on any atom is 0.197 e. The zero-order chi connectivity index (χ0) is 8.69. The van der Waals surface area contributed by atoms with Crippen molar-refractivity contribution in [3.63, 3.8) is 0 Å². The van der Waals surface area contributed by atoms with Crippen molar-refractivity contribution in [1.82, 2.24) is 0 Å². The van der Waals surface area contributed by atoms with Crippen LogP contribution in [0.5, 0.6) is 0 Å². The van der Waals surface area contributed by atoms with E-state index in [4.69, 9.17) is 21.1 Å². The molecule has 0 aliphatic carbocycles. The van der Waals surface area contributed by atoms with Crippen molar-refractivity contribution >= 4 is 11.6 Å². The molecule has 3 heteroatoms. The lowest BCUT2D eigenvalue weighted by Gasteiger charge is -2.13. The lowest BCUT2D eigenvalue weighted by molar-refractivity contribution is -0.0954. The molecule has 0 aliphatic heterocycles. The number of allylic oxidation sites excluding steroid dienone is 1. The van der Waals surface area contributed by atoms with Gasteiger partial charge in [-0.15, -0.1) is 0 Å². The van der Waals surface area contributed by atoms with E-state index >= 15 is 0 Å². The van der Waals surface area contributed by atoms with Gasteiger partial charge in [-0.1, -0.05) is 18.2 Å². The van der Waals surface area contributed by atoms with Crippen LogP contribution in [0, 0.1) is 0 Å². The van der Waals surface area contributed by atoms with Crippen LogP contribution in [0.15, 0.2) is 23.9 Å². The molecule has 0 aliphatic rings. The first-order valence-corrected chi connectivity index (χ1v) is 3.89. The SMILES string of the molecule is C=C/C(=C/Cl)OC(C)OCC. The van der Waals surface area contributed by atoms with E-state index in [1.165, 1.54) is 11.6 Å². The van der Waals surface area contributed by atoms with Gasteiger partial charge in [0.1, 0.15) is 5.76 Å². The number of hydrogen-bond acceptors (Lipinski definition) is 2. The number of hydrogen-bond donors (Lipinski definition) is 0. The Hall–Kier alpha value is -0.470. The summed E-state index contributed by atoms with van der Waals surface area (Å²) in [5, 5.41) is 0. The minimum atomic E-state index is -0.275. The average Bonchev–Trinajstić information content (AvgIpc) is 2.01. The standard InChI is InChI=1S/C8H13ClO2/c1-4-8(6-9)11-7(3)10-5-2/h4,6-7H,1,5H2,2-3H3/b8-6-. The molecule has 64 valence electrons. The van der Waals surface area contributed by atoms with Crippen LogP contribution in [0.4, 0.5) is 0 Å². The quantitative estimate of drug-likeness (QED) is 0.364. The van der Waals surface area contributed by atoms with E-state index in [2.05, 4.69) is 6.58 Å². The summed E-state index contributed by atoms with van der Waals surface area (Å²) in [7, 11) is 0. The molecule has 0 saturated carbocycles. The van der Waals surface area contributed by atoms with Crippen LogP contribution in [0.25, 0.3) is 0 Å². The molecule has 2 nitrogen and oxygen atoms in total. The number of rotatable bonds is 5. The molecule has 0 spiro atoms. The van der Waals surface area contributed by atoms with Crippen LogP contribution >= 0.6 is 11.6 Å². The molecule has 0 fully saturated rings. The third-order valence-electron chi connectivity index (χ3n) is 1.01. The van der Waals surface area contributed by atoms with Gasteiger partial charge in [-0.05, 0) is 19.9 Å². The van der Waals surface area contributed by atoms with E-state index in [-0.39, 0.29) is 6.29 Å². The first-order chi connectivity index (χ1) is 5.24. The van der Waals surface area contributed by atoms with Crippen molar-refractivity contribution in [3.05, 3.63) is 23.9 Å². The minimum absolute atomic E-state index is 0.275. The van der Waals surface area contributed by atoms with Crippen LogP contribution in [-0.2, 0) is 9.47 Å². The minimum Gasteiger partial charge on any atom is -0.464 e. The van der Waals surface area contributed by atoms with Gasteiger partial charge in [0.05, 0.1) is 0 Å². The van der Waals surface area contributed by atoms with Gasteiger partial charge in [0.25, 0.3) is 0 Å². The van der Waals surface area contributed by atoms with Crippen molar-refractivity contribution in [1.29, 1.82) is 0 Å².